The van der Waals surface area contributed by atoms with E-state index in [-0.39, 0.29) is 5.28 Å². The van der Waals surface area contributed by atoms with Crippen molar-refractivity contribution in [3.63, 3.8) is 0 Å². The average molecular weight is 337 g/mol. The van der Waals surface area contributed by atoms with Gasteiger partial charge in [-0.3, -0.25) is 4.98 Å². The van der Waals surface area contributed by atoms with Crippen molar-refractivity contribution in [1.82, 2.24) is 15.0 Å². The summed E-state index contributed by atoms with van der Waals surface area (Å²) in [5.41, 5.74) is 0.858. The van der Waals surface area contributed by atoms with Gasteiger partial charge in [-0.25, -0.2) is 4.98 Å². The van der Waals surface area contributed by atoms with Gasteiger partial charge in [0.15, 0.2) is 0 Å². The number of benzene rings is 1. The molecule has 0 atom stereocenters. The van der Waals surface area contributed by atoms with Crippen molar-refractivity contribution in [1.29, 1.82) is 0 Å². The molecule has 0 saturated heterocycles. The Bertz CT molecular complexity index is 746. The van der Waals surface area contributed by atoms with Crippen LogP contribution in [0.1, 0.15) is 0 Å². The van der Waals surface area contributed by atoms with Gasteiger partial charge >= 0.3 is 0 Å². The minimum atomic E-state index is 0.136. The maximum absolute atomic E-state index is 5.78. The van der Waals surface area contributed by atoms with Crippen molar-refractivity contribution in [2.75, 3.05) is 0 Å². The third-order valence-corrected chi connectivity index (χ3v) is 3.22. The zero-order valence-electron chi connectivity index (χ0n) is 9.55. The van der Waals surface area contributed by atoms with Gasteiger partial charge in [0.25, 0.3) is 0 Å². The molecule has 2 aromatic heterocycles. The van der Waals surface area contributed by atoms with Crippen LogP contribution in [0.5, 0.6) is 11.6 Å². The van der Waals surface area contributed by atoms with E-state index < -0.39 is 0 Å². The van der Waals surface area contributed by atoms with E-state index in [0.717, 1.165) is 10.9 Å². The Morgan fingerprint density at radius 3 is 2.89 bits per heavy atom. The fourth-order valence-electron chi connectivity index (χ4n) is 1.67. The summed E-state index contributed by atoms with van der Waals surface area (Å²) in [6.45, 7) is 0. The molecule has 0 saturated carbocycles. The van der Waals surface area contributed by atoms with E-state index in [1.54, 1.807) is 12.4 Å². The Labute approximate surface area is 122 Å². The summed E-state index contributed by atoms with van der Waals surface area (Å²) in [7, 11) is 0. The van der Waals surface area contributed by atoms with E-state index in [0.29, 0.717) is 16.1 Å². The molecule has 0 bridgehead atoms. The summed E-state index contributed by atoms with van der Waals surface area (Å²) >= 11 is 9.09. The molecule has 0 aliphatic rings. The Kier molecular flexibility index (Phi) is 3.31. The molecule has 6 heteroatoms. The van der Waals surface area contributed by atoms with E-state index in [4.69, 9.17) is 16.3 Å². The van der Waals surface area contributed by atoms with Crippen LogP contribution in [0.25, 0.3) is 10.9 Å². The SMILES string of the molecule is Clc1ncc(Br)c(Oc2cccc3ncccc23)n1. The van der Waals surface area contributed by atoms with Gasteiger partial charge < -0.3 is 4.74 Å². The van der Waals surface area contributed by atoms with Gasteiger partial charge in [0.1, 0.15) is 5.75 Å². The Balaban J connectivity index is 2.08. The predicted molar refractivity (Wildman–Crippen MR) is 76.6 cm³/mol. The van der Waals surface area contributed by atoms with Gasteiger partial charge in [0, 0.05) is 17.8 Å². The molecule has 0 unspecified atom stereocenters. The third kappa shape index (κ3) is 2.52. The summed E-state index contributed by atoms with van der Waals surface area (Å²) in [6, 6.07) is 9.45. The van der Waals surface area contributed by atoms with Crippen LogP contribution in [-0.2, 0) is 0 Å². The summed E-state index contributed by atoms with van der Waals surface area (Å²) in [4.78, 5) is 12.2. The largest absolute Gasteiger partial charge is 0.437 e. The van der Waals surface area contributed by atoms with E-state index in [9.17, 15) is 0 Å². The Morgan fingerprint density at radius 2 is 2.00 bits per heavy atom. The summed E-state index contributed by atoms with van der Waals surface area (Å²) in [5.74, 6) is 1.04. The number of fused-ring (bicyclic) bond motifs is 1. The predicted octanol–water partition coefficient (Wildman–Crippen LogP) is 4.23. The van der Waals surface area contributed by atoms with Gasteiger partial charge in [0.2, 0.25) is 11.2 Å². The van der Waals surface area contributed by atoms with E-state index >= 15 is 0 Å². The molecule has 0 N–H and O–H groups in total. The van der Waals surface area contributed by atoms with Crippen LogP contribution in [0, 0.1) is 0 Å². The lowest BCUT2D eigenvalue weighted by Gasteiger charge is -2.08. The van der Waals surface area contributed by atoms with Crippen LogP contribution in [0.2, 0.25) is 5.28 Å². The monoisotopic (exact) mass is 335 g/mol. The van der Waals surface area contributed by atoms with Gasteiger partial charge in [-0.2, -0.15) is 4.98 Å². The number of hydrogen-bond acceptors (Lipinski definition) is 4. The second-order valence-corrected chi connectivity index (χ2v) is 4.91. The number of halogens is 2. The normalized spacial score (nSPS) is 10.6. The van der Waals surface area contributed by atoms with E-state index in [1.807, 2.05) is 30.3 Å². The molecular formula is C13H7BrClN3O. The van der Waals surface area contributed by atoms with Gasteiger partial charge in [0.05, 0.1) is 9.99 Å². The molecule has 0 radical (unpaired) electrons. The molecule has 19 heavy (non-hydrogen) atoms. The molecule has 0 aliphatic heterocycles. The Morgan fingerprint density at radius 1 is 1.11 bits per heavy atom. The highest BCUT2D eigenvalue weighted by molar-refractivity contribution is 9.10. The molecule has 0 fully saturated rings. The molecule has 3 rings (SSSR count). The Hall–Kier alpha value is -1.72. The van der Waals surface area contributed by atoms with Crippen LogP contribution < -0.4 is 4.74 Å². The lowest BCUT2D eigenvalue weighted by Crippen LogP contribution is -1.92. The van der Waals surface area contributed by atoms with Crippen LogP contribution in [0.3, 0.4) is 0 Å². The molecular weight excluding hydrogens is 330 g/mol. The van der Waals surface area contributed by atoms with Crippen molar-refractivity contribution in [3.8, 4) is 11.6 Å². The van der Waals surface area contributed by atoms with E-state index in [2.05, 4.69) is 30.9 Å². The highest BCUT2D eigenvalue weighted by Gasteiger charge is 2.09. The molecule has 1 aromatic carbocycles. The molecule has 3 aromatic rings. The lowest BCUT2D eigenvalue weighted by molar-refractivity contribution is 0.463. The van der Waals surface area contributed by atoms with E-state index in [1.165, 1.54) is 0 Å². The van der Waals surface area contributed by atoms with Crippen molar-refractivity contribution < 1.29 is 4.74 Å². The first-order valence-corrected chi connectivity index (χ1v) is 6.61. The maximum atomic E-state index is 5.78. The third-order valence-electron chi connectivity index (χ3n) is 2.49. The first-order valence-electron chi connectivity index (χ1n) is 5.44. The molecule has 0 amide bonds. The number of hydrogen-bond donors (Lipinski definition) is 0. The van der Waals surface area contributed by atoms with Gasteiger partial charge in [-0.05, 0) is 51.8 Å². The number of pyridine rings is 1. The summed E-state index contributed by atoms with van der Waals surface area (Å²) in [5, 5.41) is 1.04. The minimum Gasteiger partial charge on any atom is -0.437 e. The minimum absolute atomic E-state index is 0.136. The van der Waals surface area contributed by atoms with Crippen molar-refractivity contribution >= 4 is 38.4 Å². The number of nitrogens with zero attached hydrogens (tertiary/aromatic N) is 3. The standard InChI is InChI=1S/C13H7BrClN3O/c14-9-7-17-13(15)18-12(9)19-11-5-1-4-10-8(11)3-2-6-16-10/h1-7H. The second kappa shape index (κ2) is 5.11. The van der Waals surface area contributed by atoms with Gasteiger partial charge in [-0.1, -0.05) is 6.07 Å². The van der Waals surface area contributed by atoms with Crippen molar-refractivity contribution in [3.05, 3.63) is 52.5 Å². The summed E-state index contributed by atoms with van der Waals surface area (Å²) in [6.07, 6.45) is 3.29. The first-order chi connectivity index (χ1) is 9.24. The molecule has 2 heterocycles. The topological polar surface area (TPSA) is 47.9 Å². The van der Waals surface area contributed by atoms with Crippen LogP contribution in [-0.4, -0.2) is 15.0 Å². The number of ether oxygens (including phenoxy) is 1. The zero-order valence-corrected chi connectivity index (χ0v) is 11.9. The molecule has 0 spiro atoms. The number of rotatable bonds is 2. The smallest absolute Gasteiger partial charge is 0.238 e. The van der Waals surface area contributed by atoms with Crippen LogP contribution in [0.15, 0.2) is 47.2 Å². The zero-order chi connectivity index (χ0) is 13.2. The number of aromatic nitrogens is 3. The average Bonchev–Trinajstić information content (AvgIpc) is 2.43. The quantitative estimate of drug-likeness (QED) is 0.657. The van der Waals surface area contributed by atoms with Crippen LogP contribution in [0.4, 0.5) is 0 Å². The highest BCUT2D eigenvalue weighted by Crippen LogP contribution is 2.31. The fourth-order valence-corrected chi connectivity index (χ4v) is 2.07. The van der Waals surface area contributed by atoms with Crippen molar-refractivity contribution in [2.45, 2.75) is 0 Å². The van der Waals surface area contributed by atoms with Gasteiger partial charge in [-0.15, -0.1) is 0 Å². The fraction of sp³-hybridized carbons (Fsp3) is 0. The second-order valence-electron chi connectivity index (χ2n) is 3.72. The van der Waals surface area contributed by atoms with Crippen molar-refractivity contribution in [2.24, 2.45) is 0 Å². The highest BCUT2D eigenvalue weighted by atomic mass is 79.9. The van der Waals surface area contributed by atoms with Crippen LogP contribution >= 0.6 is 27.5 Å². The maximum Gasteiger partial charge on any atom is 0.238 e. The summed E-state index contributed by atoms with van der Waals surface area (Å²) < 4.78 is 6.42. The molecule has 4 nitrogen and oxygen atoms in total. The molecule has 94 valence electrons. The molecule has 0 aliphatic carbocycles. The lowest BCUT2D eigenvalue weighted by atomic mass is 10.2. The first kappa shape index (κ1) is 12.3.